The third-order valence-corrected chi connectivity index (χ3v) is 5.00. The summed E-state index contributed by atoms with van der Waals surface area (Å²) in [6.07, 6.45) is 7.40. The van der Waals surface area contributed by atoms with Gasteiger partial charge in [-0.2, -0.15) is 0 Å². The van der Waals surface area contributed by atoms with Gasteiger partial charge in [0.25, 0.3) is 5.91 Å². The van der Waals surface area contributed by atoms with Crippen LogP contribution in [0.25, 0.3) is 11.3 Å². The number of carbonyl (C=O) groups is 1. The summed E-state index contributed by atoms with van der Waals surface area (Å²) in [5.41, 5.74) is 1.39. The van der Waals surface area contributed by atoms with E-state index in [-0.39, 0.29) is 11.8 Å². The van der Waals surface area contributed by atoms with Crippen LogP contribution in [0.15, 0.2) is 53.4 Å². The fourth-order valence-electron chi connectivity index (χ4n) is 3.68. The molecule has 1 aliphatic heterocycles. The van der Waals surface area contributed by atoms with Crippen molar-refractivity contribution in [1.29, 1.82) is 0 Å². The Morgan fingerprint density at radius 2 is 2.15 bits per heavy atom. The first-order valence-electron chi connectivity index (χ1n) is 9.08. The summed E-state index contributed by atoms with van der Waals surface area (Å²) >= 11 is 0. The van der Waals surface area contributed by atoms with Gasteiger partial charge in [-0.3, -0.25) is 4.79 Å². The van der Waals surface area contributed by atoms with Crippen molar-refractivity contribution in [3.8, 4) is 11.3 Å². The quantitative estimate of drug-likeness (QED) is 0.721. The zero-order valence-corrected chi connectivity index (χ0v) is 14.8. The maximum Gasteiger partial charge on any atom is 0.259 e. The molecule has 0 unspecified atom stereocenters. The number of hydrogen-bond donors (Lipinski definition) is 0. The molecular weight excluding hydrogens is 328 g/mol. The summed E-state index contributed by atoms with van der Waals surface area (Å²) in [7, 11) is 0. The lowest BCUT2D eigenvalue weighted by Crippen LogP contribution is -2.39. The average molecular weight is 350 g/mol. The van der Waals surface area contributed by atoms with Crippen LogP contribution in [-0.4, -0.2) is 38.6 Å². The van der Waals surface area contributed by atoms with E-state index in [1.165, 1.54) is 6.20 Å². The Morgan fingerprint density at radius 3 is 2.96 bits per heavy atom. The minimum absolute atomic E-state index is 0.0237. The minimum Gasteiger partial charge on any atom is -0.355 e. The largest absolute Gasteiger partial charge is 0.355 e. The number of amides is 1. The average Bonchev–Trinajstić information content (AvgIpc) is 3.37. The Kier molecular flexibility index (Phi) is 4.56. The SMILES string of the molecule is CCn1ccnc1[C@H]1CCCN(C(=O)c2cnoc2-c2ccccc2)C1. The molecule has 0 saturated carbocycles. The number of aromatic nitrogens is 3. The smallest absolute Gasteiger partial charge is 0.259 e. The Morgan fingerprint density at radius 1 is 1.31 bits per heavy atom. The van der Waals surface area contributed by atoms with Crippen LogP contribution in [0, 0.1) is 0 Å². The zero-order chi connectivity index (χ0) is 17.9. The highest BCUT2D eigenvalue weighted by Gasteiger charge is 2.30. The van der Waals surface area contributed by atoms with Crippen molar-refractivity contribution < 1.29 is 9.32 Å². The second-order valence-electron chi connectivity index (χ2n) is 6.60. The standard InChI is InChI=1S/C20H22N4O2/c1-2-23-12-10-21-19(23)16-9-6-11-24(14-16)20(25)17-13-22-26-18(17)15-7-4-3-5-8-15/h3-5,7-8,10,12-13,16H,2,6,9,11,14H2,1H3/t16-/m0/s1. The monoisotopic (exact) mass is 350 g/mol. The second kappa shape index (κ2) is 7.15. The molecule has 0 bridgehead atoms. The number of aryl methyl sites for hydroxylation is 1. The van der Waals surface area contributed by atoms with Gasteiger partial charge in [0.05, 0.1) is 6.20 Å². The number of imidazole rings is 1. The fourth-order valence-corrected chi connectivity index (χ4v) is 3.68. The Balaban J connectivity index is 1.57. The maximum absolute atomic E-state index is 13.1. The van der Waals surface area contributed by atoms with Gasteiger partial charge in [0.2, 0.25) is 0 Å². The molecule has 6 heteroatoms. The van der Waals surface area contributed by atoms with E-state index in [1.54, 1.807) is 0 Å². The van der Waals surface area contributed by atoms with Crippen LogP contribution in [-0.2, 0) is 6.54 Å². The second-order valence-corrected chi connectivity index (χ2v) is 6.60. The highest BCUT2D eigenvalue weighted by Crippen LogP contribution is 2.29. The molecule has 3 heterocycles. The van der Waals surface area contributed by atoms with Crippen LogP contribution >= 0.6 is 0 Å². The van der Waals surface area contributed by atoms with Crippen LogP contribution in [0.1, 0.15) is 41.9 Å². The van der Waals surface area contributed by atoms with Gasteiger partial charge in [0.1, 0.15) is 11.4 Å². The first-order chi connectivity index (χ1) is 12.8. The normalized spacial score (nSPS) is 17.4. The van der Waals surface area contributed by atoms with Gasteiger partial charge in [-0.1, -0.05) is 35.5 Å². The van der Waals surface area contributed by atoms with E-state index in [1.807, 2.05) is 47.6 Å². The van der Waals surface area contributed by atoms with Crippen molar-refractivity contribution in [3.05, 3.63) is 60.3 Å². The lowest BCUT2D eigenvalue weighted by molar-refractivity contribution is 0.0703. The first kappa shape index (κ1) is 16.6. The maximum atomic E-state index is 13.1. The molecule has 4 rings (SSSR count). The molecule has 1 amide bonds. The van der Waals surface area contributed by atoms with Crippen LogP contribution < -0.4 is 0 Å². The van der Waals surface area contributed by atoms with Crippen LogP contribution in [0.5, 0.6) is 0 Å². The van der Waals surface area contributed by atoms with E-state index < -0.39 is 0 Å². The molecule has 0 radical (unpaired) electrons. The van der Waals surface area contributed by atoms with E-state index in [9.17, 15) is 4.79 Å². The molecule has 0 aliphatic carbocycles. The molecule has 134 valence electrons. The van der Waals surface area contributed by atoms with Crippen molar-refractivity contribution in [2.45, 2.75) is 32.2 Å². The fraction of sp³-hybridized carbons (Fsp3) is 0.350. The molecule has 3 aromatic rings. The third-order valence-electron chi connectivity index (χ3n) is 5.00. The van der Waals surface area contributed by atoms with E-state index in [0.717, 1.165) is 37.3 Å². The Hall–Kier alpha value is -2.89. The van der Waals surface area contributed by atoms with Crippen LogP contribution in [0.3, 0.4) is 0 Å². The van der Waals surface area contributed by atoms with Gasteiger partial charge in [-0.15, -0.1) is 0 Å². The molecule has 1 fully saturated rings. The molecule has 1 aliphatic rings. The van der Waals surface area contributed by atoms with Gasteiger partial charge >= 0.3 is 0 Å². The molecule has 6 nitrogen and oxygen atoms in total. The van der Waals surface area contributed by atoms with E-state index in [0.29, 0.717) is 17.9 Å². The summed E-state index contributed by atoms with van der Waals surface area (Å²) in [6.45, 7) is 4.43. The first-order valence-corrected chi connectivity index (χ1v) is 9.08. The molecule has 1 atom stereocenters. The lowest BCUT2D eigenvalue weighted by atomic mass is 9.96. The number of hydrogen-bond acceptors (Lipinski definition) is 4. The van der Waals surface area contributed by atoms with Crippen molar-refractivity contribution in [3.63, 3.8) is 0 Å². The summed E-state index contributed by atoms with van der Waals surface area (Å²) in [4.78, 5) is 19.6. The number of benzene rings is 1. The van der Waals surface area contributed by atoms with E-state index in [4.69, 9.17) is 4.52 Å². The molecule has 1 saturated heterocycles. The van der Waals surface area contributed by atoms with Crippen molar-refractivity contribution in [2.75, 3.05) is 13.1 Å². The Labute approximate surface area is 152 Å². The van der Waals surface area contributed by atoms with Crippen molar-refractivity contribution in [1.82, 2.24) is 19.6 Å². The zero-order valence-electron chi connectivity index (χ0n) is 14.8. The van der Waals surface area contributed by atoms with Crippen LogP contribution in [0.4, 0.5) is 0 Å². The highest BCUT2D eigenvalue weighted by molar-refractivity contribution is 5.99. The highest BCUT2D eigenvalue weighted by atomic mass is 16.5. The number of piperidine rings is 1. The molecule has 1 aromatic carbocycles. The summed E-state index contributed by atoms with van der Waals surface area (Å²) in [5, 5.41) is 3.87. The van der Waals surface area contributed by atoms with E-state index >= 15 is 0 Å². The van der Waals surface area contributed by atoms with Crippen molar-refractivity contribution >= 4 is 5.91 Å². The summed E-state index contributed by atoms with van der Waals surface area (Å²) < 4.78 is 7.54. The molecule has 0 N–H and O–H groups in total. The number of likely N-dealkylation sites (tertiary alicyclic amines) is 1. The number of carbonyl (C=O) groups excluding carboxylic acids is 1. The van der Waals surface area contributed by atoms with Gasteiger partial charge in [0.15, 0.2) is 5.76 Å². The summed E-state index contributed by atoms with van der Waals surface area (Å²) in [6, 6.07) is 9.64. The predicted molar refractivity (Wildman–Crippen MR) is 97.7 cm³/mol. The summed E-state index contributed by atoms with van der Waals surface area (Å²) in [5.74, 6) is 1.85. The topological polar surface area (TPSA) is 64.2 Å². The number of rotatable bonds is 4. The van der Waals surface area contributed by atoms with Crippen LogP contribution in [0.2, 0.25) is 0 Å². The van der Waals surface area contributed by atoms with Gasteiger partial charge < -0.3 is 14.0 Å². The van der Waals surface area contributed by atoms with Gasteiger partial charge in [0, 0.05) is 43.5 Å². The third kappa shape index (κ3) is 3.03. The van der Waals surface area contributed by atoms with E-state index in [2.05, 4.69) is 21.6 Å². The molecular formula is C20H22N4O2. The number of nitrogens with zero attached hydrogens (tertiary/aromatic N) is 4. The molecule has 26 heavy (non-hydrogen) atoms. The molecule has 0 spiro atoms. The van der Waals surface area contributed by atoms with Gasteiger partial charge in [-0.05, 0) is 19.8 Å². The van der Waals surface area contributed by atoms with Gasteiger partial charge in [-0.25, -0.2) is 4.98 Å². The van der Waals surface area contributed by atoms with Crippen molar-refractivity contribution in [2.24, 2.45) is 0 Å². The predicted octanol–water partition coefficient (Wildman–Crippen LogP) is 3.58. The minimum atomic E-state index is -0.0237. The Bertz CT molecular complexity index is 884. The lowest BCUT2D eigenvalue weighted by Gasteiger charge is -2.32. The molecule has 2 aromatic heterocycles.